The lowest BCUT2D eigenvalue weighted by Crippen LogP contribution is -2.07. The van der Waals surface area contributed by atoms with E-state index in [9.17, 15) is 13.6 Å². The average molecular weight is 291 g/mol. The van der Waals surface area contributed by atoms with Crippen LogP contribution in [0.2, 0.25) is 0 Å². The highest BCUT2D eigenvalue weighted by molar-refractivity contribution is 7.74. The van der Waals surface area contributed by atoms with Crippen LogP contribution in [0.1, 0.15) is 15.9 Å². The maximum Gasteiger partial charge on any atom is 0.196 e. The predicted molar refractivity (Wildman–Crippen MR) is 72.4 cm³/mol. The number of hydrogen-bond acceptors (Lipinski definition) is 5. The summed E-state index contributed by atoms with van der Waals surface area (Å²) in [6, 6.07) is 12.9. The summed E-state index contributed by atoms with van der Waals surface area (Å²) in [4.78, 5) is 12.3. The molecule has 5 nitrogen and oxygen atoms in total. The molecule has 0 saturated carbocycles. The summed E-state index contributed by atoms with van der Waals surface area (Å²) in [7, 11) is 1.44. The Morgan fingerprint density at radius 3 is 2.45 bits per heavy atom. The minimum atomic E-state index is -2.77. The van der Waals surface area contributed by atoms with Crippen molar-refractivity contribution >= 4 is 17.1 Å². The van der Waals surface area contributed by atoms with E-state index < -0.39 is 11.4 Å². The molecule has 20 heavy (non-hydrogen) atoms. The van der Waals surface area contributed by atoms with Crippen molar-refractivity contribution in [2.75, 3.05) is 7.11 Å². The van der Waals surface area contributed by atoms with Gasteiger partial charge in [0, 0.05) is 11.6 Å². The first kappa shape index (κ1) is 14.2. The summed E-state index contributed by atoms with van der Waals surface area (Å²) >= 11 is -2.77. The van der Waals surface area contributed by atoms with Gasteiger partial charge < -0.3 is 13.5 Å². The van der Waals surface area contributed by atoms with Crippen LogP contribution in [0.3, 0.4) is 0 Å². The topological polar surface area (TPSA) is 75.7 Å². The van der Waals surface area contributed by atoms with Crippen molar-refractivity contribution in [3.8, 4) is 11.5 Å². The van der Waals surface area contributed by atoms with Crippen LogP contribution in [0.4, 0.5) is 0 Å². The Labute approximate surface area is 118 Å². The predicted octanol–water partition coefficient (Wildman–Crippen LogP) is 2.10. The summed E-state index contributed by atoms with van der Waals surface area (Å²) in [5, 5.41) is 0. The largest absolute Gasteiger partial charge is 0.740 e. The van der Waals surface area contributed by atoms with Crippen molar-refractivity contribution in [3.05, 3.63) is 59.7 Å². The van der Waals surface area contributed by atoms with Gasteiger partial charge in [-0.25, -0.2) is 4.21 Å². The zero-order valence-electron chi connectivity index (χ0n) is 10.6. The van der Waals surface area contributed by atoms with Crippen LogP contribution in [-0.2, 0) is 11.4 Å². The van der Waals surface area contributed by atoms with E-state index >= 15 is 0 Å². The summed E-state index contributed by atoms with van der Waals surface area (Å²) in [5.41, 5.74) is 0.598. The summed E-state index contributed by atoms with van der Waals surface area (Å²) in [6.07, 6.45) is 0. The molecule has 0 aliphatic rings. The fraction of sp³-hybridized carbons (Fsp3) is 0.0714. The average Bonchev–Trinajstić information content (AvgIpc) is 2.46. The first-order valence-corrected chi connectivity index (χ1v) is 6.67. The molecule has 0 aliphatic heterocycles. The number of carbonyl (C=O) groups is 1. The van der Waals surface area contributed by atoms with Crippen molar-refractivity contribution < 1.29 is 22.5 Å². The molecule has 0 amide bonds. The highest BCUT2D eigenvalue weighted by atomic mass is 32.2. The maximum atomic E-state index is 12.3. The molecule has 0 bridgehead atoms. The number of benzene rings is 2. The Kier molecular flexibility index (Phi) is 4.49. The standard InChI is InChI=1S/C14H12O5S/c1-18-11-7-8-12(13(9-11)19-20(16)17)14(15)10-5-3-2-4-6-10/h2-9H,1H3,(H,16,17)/p-1. The molecule has 104 valence electrons. The van der Waals surface area contributed by atoms with E-state index in [1.807, 2.05) is 0 Å². The Hall–Kier alpha value is -2.18. The quantitative estimate of drug-likeness (QED) is 0.623. The van der Waals surface area contributed by atoms with E-state index in [-0.39, 0.29) is 17.1 Å². The third kappa shape index (κ3) is 3.23. The van der Waals surface area contributed by atoms with E-state index in [1.54, 1.807) is 36.4 Å². The fourth-order valence-electron chi connectivity index (χ4n) is 1.70. The van der Waals surface area contributed by atoms with Crippen LogP contribution in [0, 0.1) is 0 Å². The van der Waals surface area contributed by atoms with Crippen molar-refractivity contribution in [1.82, 2.24) is 0 Å². The number of carbonyl (C=O) groups excluding carboxylic acids is 1. The van der Waals surface area contributed by atoms with Crippen LogP contribution < -0.4 is 8.92 Å². The van der Waals surface area contributed by atoms with Gasteiger partial charge in [-0.2, -0.15) is 0 Å². The molecule has 0 fully saturated rings. The second-order valence-electron chi connectivity index (χ2n) is 3.84. The zero-order chi connectivity index (χ0) is 14.5. The molecule has 6 heteroatoms. The van der Waals surface area contributed by atoms with E-state index in [4.69, 9.17) is 4.74 Å². The Bertz CT molecular complexity index is 639. The summed E-state index contributed by atoms with van der Waals surface area (Å²) < 4.78 is 31.0. The second-order valence-corrected chi connectivity index (χ2v) is 4.42. The third-order valence-electron chi connectivity index (χ3n) is 2.63. The molecule has 1 atom stereocenters. The first-order chi connectivity index (χ1) is 9.61. The smallest absolute Gasteiger partial charge is 0.196 e. The van der Waals surface area contributed by atoms with Gasteiger partial charge in [0.2, 0.25) is 0 Å². The van der Waals surface area contributed by atoms with Gasteiger partial charge in [-0.1, -0.05) is 30.3 Å². The van der Waals surface area contributed by atoms with Gasteiger partial charge in [-0.15, -0.1) is 0 Å². The highest BCUT2D eigenvalue weighted by Gasteiger charge is 2.16. The van der Waals surface area contributed by atoms with Gasteiger partial charge in [-0.3, -0.25) is 4.79 Å². The van der Waals surface area contributed by atoms with Gasteiger partial charge in [-0.05, 0) is 12.1 Å². The molecule has 2 aromatic rings. The fourth-order valence-corrected chi connectivity index (χ4v) is 1.99. The van der Waals surface area contributed by atoms with Crippen molar-refractivity contribution in [1.29, 1.82) is 0 Å². The van der Waals surface area contributed by atoms with Gasteiger partial charge in [0.1, 0.15) is 17.1 Å². The number of rotatable bonds is 5. The minimum Gasteiger partial charge on any atom is -0.740 e. The molecule has 2 aromatic carbocycles. The molecular weight excluding hydrogens is 280 g/mol. The van der Waals surface area contributed by atoms with Gasteiger partial charge >= 0.3 is 0 Å². The molecule has 0 radical (unpaired) electrons. The second kappa shape index (κ2) is 6.31. The van der Waals surface area contributed by atoms with Gasteiger partial charge in [0.15, 0.2) is 11.5 Å². The number of methoxy groups -OCH3 is 1. The molecule has 0 aliphatic carbocycles. The molecule has 0 spiro atoms. The van der Waals surface area contributed by atoms with Gasteiger partial charge in [0.25, 0.3) is 0 Å². The van der Waals surface area contributed by atoms with E-state index in [0.717, 1.165) is 0 Å². The van der Waals surface area contributed by atoms with Crippen molar-refractivity contribution in [3.63, 3.8) is 0 Å². The van der Waals surface area contributed by atoms with Crippen LogP contribution in [0.25, 0.3) is 0 Å². The maximum absolute atomic E-state index is 12.3. The van der Waals surface area contributed by atoms with Gasteiger partial charge in [0.05, 0.1) is 12.7 Å². The Balaban J connectivity index is 2.44. The number of ether oxygens (including phenoxy) is 1. The summed E-state index contributed by atoms with van der Waals surface area (Å²) in [6.45, 7) is 0. The lowest BCUT2D eigenvalue weighted by Gasteiger charge is -2.12. The van der Waals surface area contributed by atoms with Crippen LogP contribution in [0.5, 0.6) is 11.5 Å². The monoisotopic (exact) mass is 291 g/mol. The SMILES string of the molecule is COc1ccc(C(=O)c2ccccc2)c(OS(=O)[O-])c1. The van der Waals surface area contributed by atoms with Crippen LogP contribution in [-0.4, -0.2) is 21.7 Å². The van der Waals surface area contributed by atoms with Crippen LogP contribution in [0.15, 0.2) is 48.5 Å². The Morgan fingerprint density at radius 2 is 1.85 bits per heavy atom. The molecule has 0 aromatic heterocycles. The van der Waals surface area contributed by atoms with Crippen molar-refractivity contribution in [2.24, 2.45) is 0 Å². The molecule has 1 unspecified atom stereocenters. The molecule has 0 heterocycles. The lowest BCUT2D eigenvalue weighted by molar-refractivity contribution is 0.103. The Morgan fingerprint density at radius 1 is 1.15 bits per heavy atom. The molecule has 2 rings (SSSR count). The molecular formula is C14H11O5S-. The number of ketones is 1. The molecule has 0 N–H and O–H groups in total. The minimum absolute atomic E-state index is 0.0634. The van der Waals surface area contributed by atoms with Crippen molar-refractivity contribution in [2.45, 2.75) is 0 Å². The lowest BCUT2D eigenvalue weighted by atomic mass is 10.0. The van der Waals surface area contributed by atoms with E-state index in [0.29, 0.717) is 11.3 Å². The molecule has 0 saturated heterocycles. The zero-order valence-corrected chi connectivity index (χ0v) is 11.4. The third-order valence-corrected chi connectivity index (χ3v) is 2.94. The van der Waals surface area contributed by atoms with Crippen LogP contribution >= 0.6 is 0 Å². The highest BCUT2D eigenvalue weighted by Crippen LogP contribution is 2.27. The normalized spacial score (nSPS) is 11.7. The number of hydrogen-bond donors (Lipinski definition) is 0. The first-order valence-electron chi connectivity index (χ1n) is 5.67. The van der Waals surface area contributed by atoms with E-state index in [1.165, 1.54) is 19.2 Å². The van der Waals surface area contributed by atoms with E-state index in [2.05, 4.69) is 4.18 Å². The summed E-state index contributed by atoms with van der Waals surface area (Å²) in [5.74, 6) is 0.00954.